The smallest absolute Gasteiger partial charge is 0.0955 e. The molecular weight excluding hydrogens is 178 g/mol. The highest BCUT2D eigenvalue weighted by atomic mass is 16.5. The van der Waals surface area contributed by atoms with E-state index in [2.05, 4.69) is 20.8 Å². The molecule has 0 saturated carbocycles. The van der Waals surface area contributed by atoms with Gasteiger partial charge in [0.05, 0.1) is 18.8 Å². The molecule has 4 atom stereocenters. The predicted molar refractivity (Wildman–Crippen MR) is 57.0 cm³/mol. The predicted octanol–water partition coefficient (Wildman–Crippen LogP) is 1.15. The molecule has 1 rings (SSSR count). The summed E-state index contributed by atoms with van der Waals surface area (Å²) >= 11 is 0. The van der Waals surface area contributed by atoms with Crippen molar-refractivity contribution in [1.82, 2.24) is 0 Å². The van der Waals surface area contributed by atoms with E-state index in [4.69, 9.17) is 10.5 Å². The summed E-state index contributed by atoms with van der Waals surface area (Å²) in [4.78, 5) is 0. The first kappa shape index (κ1) is 12.0. The number of hydrogen-bond donors (Lipinski definition) is 2. The second-order valence-corrected chi connectivity index (χ2v) is 4.75. The van der Waals surface area contributed by atoms with Gasteiger partial charge in [-0.2, -0.15) is 0 Å². The average molecular weight is 201 g/mol. The number of aliphatic hydroxyl groups is 1. The molecular formula is C11H23NO2. The van der Waals surface area contributed by atoms with Crippen LogP contribution in [0, 0.1) is 11.8 Å². The van der Waals surface area contributed by atoms with Crippen molar-refractivity contribution in [2.45, 2.75) is 51.9 Å². The van der Waals surface area contributed by atoms with E-state index in [1.165, 1.54) is 0 Å². The van der Waals surface area contributed by atoms with Crippen LogP contribution in [0.4, 0.5) is 0 Å². The third-order valence-electron chi connectivity index (χ3n) is 3.01. The van der Waals surface area contributed by atoms with Crippen molar-refractivity contribution in [3.8, 4) is 0 Å². The van der Waals surface area contributed by atoms with Crippen molar-refractivity contribution in [1.29, 1.82) is 0 Å². The zero-order valence-corrected chi connectivity index (χ0v) is 9.44. The minimum absolute atomic E-state index is 0.0197. The summed E-state index contributed by atoms with van der Waals surface area (Å²) in [6.45, 7) is 7.14. The molecule has 0 bridgehead atoms. The highest BCUT2D eigenvalue weighted by Gasteiger charge is 2.38. The molecule has 0 spiro atoms. The molecule has 3 N–H and O–H groups in total. The van der Waals surface area contributed by atoms with Gasteiger partial charge in [0.25, 0.3) is 0 Å². The van der Waals surface area contributed by atoms with Crippen molar-refractivity contribution in [2.24, 2.45) is 17.6 Å². The maximum atomic E-state index is 9.94. The normalized spacial score (nSPS) is 31.3. The van der Waals surface area contributed by atoms with Gasteiger partial charge in [-0.1, -0.05) is 20.8 Å². The van der Waals surface area contributed by atoms with Crippen molar-refractivity contribution in [3.63, 3.8) is 0 Å². The van der Waals surface area contributed by atoms with Gasteiger partial charge in [0, 0.05) is 12.0 Å². The molecule has 14 heavy (non-hydrogen) atoms. The fourth-order valence-corrected chi connectivity index (χ4v) is 2.00. The van der Waals surface area contributed by atoms with E-state index in [0.717, 1.165) is 19.4 Å². The third-order valence-corrected chi connectivity index (χ3v) is 3.01. The highest BCUT2D eigenvalue weighted by Crippen LogP contribution is 2.28. The van der Waals surface area contributed by atoms with Crippen LogP contribution in [0.2, 0.25) is 0 Å². The molecule has 0 aliphatic carbocycles. The SMILES string of the molecule is CC[C@H]1CO[C@@H]1[C@H](O)[C@@H](N)CC(C)C. The van der Waals surface area contributed by atoms with Crippen LogP contribution in [-0.4, -0.2) is 30.0 Å². The first-order valence-corrected chi connectivity index (χ1v) is 5.61. The van der Waals surface area contributed by atoms with E-state index in [-0.39, 0.29) is 12.1 Å². The number of rotatable bonds is 5. The van der Waals surface area contributed by atoms with Gasteiger partial charge in [-0.15, -0.1) is 0 Å². The van der Waals surface area contributed by atoms with E-state index in [0.29, 0.717) is 11.8 Å². The highest BCUT2D eigenvalue weighted by molar-refractivity contribution is 4.89. The Morgan fingerprint density at radius 3 is 2.50 bits per heavy atom. The van der Waals surface area contributed by atoms with Crippen LogP contribution in [-0.2, 0) is 4.74 Å². The van der Waals surface area contributed by atoms with Crippen LogP contribution < -0.4 is 5.73 Å². The number of nitrogens with two attached hydrogens (primary N) is 1. The maximum absolute atomic E-state index is 9.94. The molecule has 0 aromatic carbocycles. The van der Waals surface area contributed by atoms with Crippen LogP contribution in [0.15, 0.2) is 0 Å². The molecule has 0 radical (unpaired) electrons. The van der Waals surface area contributed by atoms with E-state index >= 15 is 0 Å². The molecule has 3 nitrogen and oxygen atoms in total. The van der Waals surface area contributed by atoms with Crippen LogP contribution in [0.3, 0.4) is 0 Å². The Hall–Kier alpha value is -0.120. The molecule has 0 aromatic heterocycles. The number of aliphatic hydroxyl groups excluding tert-OH is 1. The molecule has 1 saturated heterocycles. The Morgan fingerprint density at radius 1 is 1.50 bits per heavy atom. The van der Waals surface area contributed by atoms with Crippen molar-refractivity contribution in [2.75, 3.05) is 6.61 Å². The summed E-state index contributed by atoms with van der Waals surface area (Å²) in [5.41, 5.74) is 5.92. The fourth-order valence-electron chi connectivity index (χ4n) is 2.00. The van der Waals surface area contributed by atoms with Gasteiger partial charge < -0.3 is 15.6 Å². The lowest BCUT2D eigenvalue weighted by molar-refractivity contribution is -0.173. The van der Waals surface area contributed by atoms with Gasteiger partial charge in [-0.3, -0.25) is 0 Å². The standard InChI is InChI=1S/C11H23NO2/c1-4-8-6-14-11(8)10(13)9(12)5-7(2)3/h7-11,13H,4-6,12H2,1-3H3/t8-,9-,10+,11-/m0/s1. The van der Waals surface area contributed by atoms with Crippen molar-refractivity contribution >= 4 is 0 Å². The summed E-state index contributed by atoms with van der Waals surface area (Å²) in [7, 11) is 0. The van der Waals surface area contributed by atoms with Gasteiger partial charge in [0.2, 0.25) is 0 Å². The summed E-state index contributed by atoms with van der Waals surface area (Å²) < 4.78 is 5.37. The zero-order chi connectivity index (χ0) is 10.7. The molecule has 1 fully saturated rings. The van der Waals surface area contributed by atoms with Crippen LogP contribution in [0.1, 0.15) is 33.6 Å². The van der Waals surface area contributed by atoms with Crippen LogP contribution in [0.5, 0.6) is 0 Å². The lowest BCUT2D eigenvalue weighted by Crippen LogP contribution is -2.54. The van der Waals surface area contributed by atoms with E-state index in [1.807, 2.05) is 0 Å². The largest absolute Gasteiger partial charge is 0.389 e. The second kappa shape index (κ2) is 5.10. The Labute approximate surface area is 86.6 Å². The van der Waals surface area contributed by atoms with Crippen LogP contribution in [0.25, 0.3) is 0 Å². The van der Waals surface area contributed by atoms with E-state index < -0.39 is 6.10 Å². The first-order valence-electron chi connectivity index (χ1n) is 5.61. The lowest BCUT2D eigenvalue weighted by atomic mass is 9.86. The molecule has 0 aromatic rings. The Morgan fingerprint density at radius 2 is 2.14 bits per heavy atom. The quantitative estimate of drug-likeness (QED) is 0.701. The van der Waals surface area contributed by atoms with Crippen molar-refractivity contribution in [3.05, 3.63) is 0 Å². The summed E-state index contributed by atoms with van der Waals surface area (Å²) in [5.74, 6) is 1.03. The topological polar surface area (TPSA) is 55.5 Å². The first-order chi connectivity index (χ1) is 6.56. The summed E-state index contributed by atoms with van der Waals surface area (Å²) in [6, 6.07) is -0.144. The summed E-state index contributed by atoms with van der Waals surface area (Å²) in [5, 5.41) is 9.94. The second-order valence-electron chi connectivity index (χ2n) is 4.75. The van der Waals surface area contributed by atoms with Gasteiger partial charge in [-0.25, -0.2) is 0 Å². The lowest BCUT2D eigenvalue weighted by Gasteiger charge is -2.41. The zero-order valence-electron chi connectivity index (χ0n) is 9.44. The number of hydrogen-bond acceptors (Lipinski definition) is 3. The third kappa shape index (κ3) is 2.69. The minimum Gasteiger partial charge on any atom is -0.389 e. The Bertz CT molecular complexity index is 171. The van der Waals surface area contributed by atoms with Crippen molar-refractivity contribution < 1.29 is 9.84 Å². The molecule has 1 aliphatic rings. The van der Waals surface area contributed by atoms with Gasteiger partial charge >= 0.3 is 0 Å². The van der Waals surface area contributed by atoms with E-state index in [1.54, 1.807) is 0 Å². The van der Waals surface area contributed by atoms with Gasteiger partial charge in [-0.05, 0) is 18.8 Å². The average Bonchev–Trinajstić information content (AvgIpc) is 2.01. The van der Waals surface area contributed by atoms with E-state index in [9.17, 15) is 5.11 Å². The number of ether oxygens (including phenoxy) is 1. The monoisotopic (exact) mass is 201 g/mol. The van der Waals surface area contributed by atoms with Crippen LogP contribution >= 0.6 is 0 Å². The fraction of sp³-hybridized carbons (Fsp3) is 1.00. The molecule has 1 aliphatic heterocycles. The molecule has 3 heteroatoms. The van der Waals surface area contributed by atoms with Gasteiger partial charge in [0.1, 0.15) is 0 Å². The maximum Gasteiger partial charge on any atom is 0.0955 e. The van der Waals surface area contributed by atoms with Gasteiger partial charge in [0.15, 0.2) is 0 Å². The molecule has 1 heterocycles. The summed E-state index contributed by atoms with van der Waals surface area (Å²) in [6.07, 6.45) is 1.41. The molecule has 0 amide bonds. The molecule has 84 valence electrons. The molecule has 0 unspecified atom stereocenters. The Kier molecular flexibility index (Phi) is 4.35. The minimum atomic E-state index is -0.490. The Balaban J connectivity index is 2.36.